The summed E-state index contributed by atoms with van der Waals surface area (Å²) in [5.74, 6) is 0.0850. The van der Waals surface area contributed by atoms with Gasteiger partial charge in [0.2, 0.25) is 0 Å². The molecular weight excluding hydrogens is 298 g/mol. The number of carbonyl (C=O) groups is 1. The molecule has 0 bridgehead atoms. The van der Waals surface area contributed by atoms with Crippen molar-refractivity contribution in [1.82, 2.24) is 3.97 Å². The normalized spacial score (nSPS) is 14.5. The van der Waals surface area contributed by atoms with Gasteiger partial charge in [0.05, 0.1) is 10.4 Å². The van der Waals surface area contributed by atoms with E-state index < -0.39 is 10.0 Å². The molecule has 0 fully saturated rings. The summed E-state index contributed by atoms with van der Waals surface area (Å²) < 4.78 is 26.8. The molecule has 2 aromatic carbocycles. The maximum atomic E-state index is 12.8. The Balaban J connectivity index is 1.97. The average Bonchev–Trinajstić information content (AvgIpc) is 3.10. The van der Waals surface area contributed by atoms with Crippen LogP contribution in [0.2, 0.25) is 0 Å². The van der Waals surface area contributed by atoms with E-state index in [1.807, 2.05) is 6.07 Å². The molecule has 4 rings (SSSR count). The lowest BCUT2D eigenvalue weighted by Crippen LogP contribution is -2.11. The lowest BCUT2D eigenvalue weighted by molar-refractivity contribution is 0.0994. The monoisotopic (exact) mass is 311 g/mol. The summed E-state index contributed by atoms with van der Waals surface area (Å²) in [5.41, 5.74) is 2.21. The van der Waals surface area contributed by atoms with E-state index in [-0.39, 0.29) is 10.7 Å². The van der Waals surface area contributed by atoms with E-state index >= 15 is 0 Å². The van der Waals surface area contributed by atoms with Crippen molar-refractivity contribution in [2.75, 3.05) is 0 Å². The molecule has 4 nitrogen and oxygen atoms in total. The third-order valence-electron chi connectivity index (χ3n) is 4.10. The number of hydrogen-bond donors (Lipinski definition) is 0. The van der Waals surface area contributed by atoms with Gasteiger partial charge in [0.25, 0.3) is 10.0 Å². The van der Waals surface area contributed by atoms with Crippen molar-refractivity contribution < 1.29 is 13.2 Å². The van der Waals surface area contributed by atoms with Crippen molar-refractivity contribution in [3.8, 4) is 0 Å². The number of ketones is 1. The Bertz CT molecular complexity index is 1000. The molecule has 0 radical (unpaired) electrons. The highest BCUT2D eigenvalue weighted by Crippen LogP contribution is 2.29. The highest BCUT2D eigenvalue weighted by atomic mass is 32.2. The smallest absolute Gasteiger partial charge is 0.268 e. The van der Waals surface area contributed by atoms with E-state index in [0.29, 0.717) is 17.5 Å². The van der Waals surface area contributed by atoms with Gasteiger partial charge in [-0.2, -0.15) is 0 Å². The molecule has 0 amide bonds. The highest BCUT2D eigenvalue weighted by molar-refractivity contribution is 7.90. The molecule has 1 aliphatic rings. The Morgan fingerprint density at radius 3 is 2.50 bits per heavy atom. The second-order valence-corrected chi connectivity index (χ2v) is 7.24. The summed E-state index contributed by atoms with van der Waals surface area (Å²) in [4.78, 5) is 12.1. The van der Waals surface area contributed by atoms with Crippen LogP contribution in [-0.2, 0) is 16.4 Å². The fourth-order valence-corrected chi connectivity index (χ4v) is 4.34. The van der Waals surface area contributed by atoms with Gasteiger partial charge in [-0.3, -0.25) is 4.79 Å². The number of hydrogen-bond acceptors (Lipinski definition) is 3. The number of carbonyl (C=O) groups excluding carboxylic acids is 1. The van der Waals surface area contributed by atoms with Crippen molar-refractivity contribution >= 4 is 26.7 Å². The van der Waals surface area contributed by atoms with Gasteiger partial charge in [0.1, 0.15) is 0 Å². The van der Waals surface area contributed by atoms with E-state index in [4.69, 9.17) is 0 Å². The summed E-state index contributed by atoms with van der Waals surface area (Å²) in [5, 5.41) is 0.841. The fraction of sp³-hybridized carbons (Fsp3) is 0.118. The van der Waals surface area contributed by atoms with Gasteiger partial charge in [-0.15, -0.1) is 0 Å². The third kappa shape index (κ3) is 1.82. The molecule has 0 spiro atoms. The minimum Gasteiger partial charge on any atom is -0.294 e. The van der Waals surface area contributed by atoms with E-state index in [1.165, 1.54) is 3.97 Å². The SMILES string of the molecule is O=C1CCc2cc3ccn(S(=O)(=O)c4ccccc4)c3cc21. The van der Waals surface area contributed by atoms with Gasteiger partial charge in [-0.1, -0.05) is 18.2 Å². The van der Waals surface area contributed by atoms with E-state index in [1.54, 1.807) is 48.7 Å². The van der Waals surface area contributed by atoms with Crippen LogP contribution in [0.1, 0.15) is 22.3 Å². The van der Waals surface area contributed by atoms with Crippen molar-refractivity contribution in [2.45, 2.75) is 17.7 Å². The number of nitrogens with zero attached hydrogens (tertiary/aromatic N) is 1. The molecule has 1 heterocycles. The number of fused-ring (bicyclic) bond motifs is 2. The van der Waals surface area contributed by atoms with Gasteiger partial charge in [-0.25, -0.2) is 12.4 Å². The maximum absolute atomic E-state index is 12.8. The lowest BCUT2D eigenvalue weighted by atomic mass is 10.1. The minimum absolute atomic E-state index is 0.0850. The molecule has 1 aliphatic carbocycles. The molecule has 0 saturated carbocycles. The first-order chi connectivity index (χ1) is 10.6. The van der Waals surface area contributed by atoms with Crippen LogP contribution >= 0.6 is 0 Å². The molecule has 0 N–H and O–H groups in total. The Morgan fingerprint density at radius 1 is 0.955 bits per heavy atom. The van der Waals surface area contributed by atoms with Crippen molar-refractivity contribution in [2.24, 2.45) is 0 Å². The van der Waals surface area contributed by atoms with Gasteiger partial charge in [-0.05, 0) is 42.3 Å². The molecule has 0 aliphatic heterocycles. The summed E-state index contributed by atoms with van der Waals surface area (Å²) in [6, 6.07) is 13.7. The second-order valence-electron chi connectivity index (χ2n) is 5.42. The molecule has 3 aromatic rings. The molecule has 5 heteroatoms. The summed E-state index contributed by atoms with van der Waals surface area (Å²) in [6.07, 6.45) is 2.79. The highest BCUT2D eigenvalue weighted by Gasteiger charge is 2.23. The van der Waals surface area contributed by atoms with Crippen LogP contribution in [0.3, 0.4) is 0 Å². The molecule has 0 saturated heterocycles. The average molecular weight is 311 g/mol. The fourth-order valence-electron chi connectivity index (χ4n) is 2.97. The second kappa shape index (κ2) is 4.55. The number of aromatic nitrogens is 1. The zero-order chi connectivity index (χ0) is 15.3. The van der Waals surface area contributed by atoms with Crippen LogP contribution in [0, 0.1) is 0 Å². The minimum atomic E-state index is -3.65. The third-order valence-corrected chi connectivity index (χ3v) is 5.81. The Hall–Kier alpha value is -2.40. The first-order valence-electron chi connectivity index (χ1n) is 7.05. The zero-order valence-corrected chi connectivity index (χ0v) is 12.5. The first kappa shape index (κ1) is 13.3. The van der Waals surface area contributed by atoms with Crippen molar-refractivity contribution in [1.29, 1.82) is 0 Å². The Morgan fingerprint density at radius 2 is 1.73 bits per heavy atom. The van der Waals surface area contributed by atoms with Crippen LogP contribution in [-0.4, -0.2) is 18.2 Å². The topological polar surface area (TPSA) is 56.1 Å². The van der Waals surface area contributed by atoms with Gasteiger partial charge in [0, 0.05) is 23.6 Å². The number of Topliss-reactive ketones (excluding diaryl/α,β-unsaturated/α-hetero) is 1. The van der Waals surface area contributed by atoms with Gasteiger partial charge >= 0.3 is 0 Å². The van der Waals surface area contributed by atoms with Crippen LogP contribution < -0.4 is 0 Å². The van der Waals surface area contributed by atoms with Crippen LogP contribution in [0.5, 0.6) is 0 Å². The molecule has 110 valence electrons. The maximum Gasteiger partial charge on any atom is 0.268 e. The van der Waals surface area contributed by atoms with Crippen LogP contribution in [0.15, 0.2) is 59.6 Å². The van der Waals surface area contributed by atoms with Crippen molar-refractivity contribution in [3.05, 3.63) is 65.9 Å². The molecule has 22 heavy (non-hydrogen) atoms. The zero-order valence-electron chi connectivity index (χ0n) is 11.7. The predicted molar refractivity (Wildman–Crippen MR) is 83.6 cm³/mol. The van der Waals surface area contributed by atoms with Gasteiger partial charge in [0.15, 0.2) is 5.78 Å². The number of benzene rings is 2. The van der Waals surface area contributed by atoms with Crippen molar-refractivity contribution in [3.63, 3.8) is 0 Å². The largest absolute Gasteiger partial charge is 0.294 e. The quantitative estimate of drug-likeness (QED) is 0.731. The number of rotatable bonds is 2. The summed E-state index contributed by atoms with van der Waals surface area (Å²) in [7, 11) is -3.65. The molecule has 0 atom stereocenters. The van der Waals surface area contributed by atoms with Crippen LogP contribution in [0.25, 0.3) is 10.9 Å². The Kier molecular flexibility index (Phi) is 2.74. The van der Waals surface area contributed by atoms with E-state index in [2.05, 4.69) is 0 Å². The number of aryl methyl sites for hydroxylation is 1. The summed E-state index contributed by atoms with van der Waals surface area (Å²) in [6.45, 7) is 0. The first-order valence-corrected chi connectivity index (χ1v) is 8.49. The van der Waals surface area contributed by atoms with E-state index in [9.17, 15) is 13.2 Å². The molecular formula is C17H13NO3S. The Labute approximate surface area is 128 Å². The molecule has 1 aromatic heterocycles. The standard InChI is InChI=1S/C17H13NO3S/c19-17-7-6-12-10-13-8-9-18(16(13)11-15(12)17)22(20,21)14-4-2-1-3-5-14/h1-5,8-11H,6-7H2. The molecule has 0 unspecified atom stereocenters. The predicted octanol–water partition coefficient (Wildman–Crippen LogP) is 3.01. The summed E-state index contributed by atoms with van der Waals surface area (Å²) >= 11 is 0. The lowest BCUT2D eigenvalue weighted by Gasteiger charge is -2.08. The van der Waals surface area contributed by atoms with Gasteiger partial charge < -0.3 is 0 Å². The van der Waals surface area contributed by atoms with Crippen LogP contribution in [0.4, 0.5) is 0 Å². The van der Waals surface area contributed by atoms with E-state index in [0.717, 1.165) is 17.4 Å².